The molecule has 1 atom stereocenters. The van der Waals surface area contributed by atoms with Crippen molar-refractivity contribution in [3.63, 3.8) is 0 Å². The number of carbonyl (C=O) groups excluding carboxylic acids is 1. The van der Waals surface area contributed by atoms with Gasteiger partial charge in [-0.1, -0.05) is 12.1 Å². The first-order valence-corrected chi connectivity index (χ1v) is 5.69. The number of rotatable bonds is 2. The van der Waals surface area contributed by atoms with Gasteiger partial charge in [-0.3, -0.25) is 4.79 Å². The van der Waals surface area contributed by atoms with E-state index in [2.05, 4.69) is 11.4 Å². The molecule has 0 fully saturated rings. The van der Waals surface area contributed by atoms with Gasteiger partial charge in [0, 0.05) is 6.92 Å². The number of hydrogen-bond donors (Lipinski definition) is 1. The summed E-state index contributed by atoms with van der Waals surface area (Å²) in [6.07, 6.45) is 2.14. The summed E-state index contributed by atoms with van der Waals surface area (Å²) in [7, 11) is 0. The van der Waals surface area contributed by atoms with Crippen molar-refractivity contribution in [2.24, 2.45) is 0 Å². The first-order valence-electron chi connectivity index (χ1n) is 5.69. The minimum absolute atomic E-state index is 0.00136. The van der Waals surface area contributed by atoms with Crippen LogP contribution in [0, 0.1) is 0 Å². The van der Waals surface area contributed by atoms with E-state index in [4.69, 9.17) is 4.74 Å². The fourth-order valence-electron chi connectivity index (χ4n) is 2.04. The van der Waals surface area contributed by atoms with Gasteiger partial charge in [0.25, 0.3) is 0 Å². The van der Waals surface area contributed by atoms with Crippen molar-refractivity contribution in [2.45, 2.75) is 32.7 Å². The van der Waals surface area contributed by atoms with Crippen LogP contribution in [0.4, 0.5) is 0 Å². The van der Waals surface area contributed by atoms with Gasteiger partial charge in [0.15, 0.2) is 0 Å². The Morgan fingerprint density at radius 2 is 2.31 bits per heavy atom. The normalized spacial score (nSPS) is 15.9. The van der Waals surface area contributed by atoms with Gasteiger partial charge in [-0.05, 0) is 37.0 Å². The molecule has 0 aromatic heterocycles. The number of fused-ring (bicyclic) bond motifs is 1. The zero-order valence-electron chi connectivity index (χ0n) is 9.75. The lowest BCUT2D eigenvalue weighted by atomic mass is 10.00. The van der Waals surface area contributed by atoms with Crippen molar-refractivity contribution in [1.82, 2.24) is 5.32 Å². The lowest BCUT2D eigenvalue weighted by Gasteiger charge is -2.20. The summed E-state index contributed by atoms with van der Waals surface area (Å²) in [5, 5.41) is 2.89. The van der Waals surface area contributed by atoms with Crippen LogP contribution in [0.1, 0.15) is 37.4 Å². The van der Waals surface area contributed by atoms with Crippen LogP contribution in [-0.4, -0.2) is 12.5 Å². The Morgan fingerprint density at radius 3 is 3.06 bits per heavy atom. The molecule has 1 amide bonds. The molecule has 1 aliphatic rings. The highest BCUT2D eigenvalue weighted by atomic mass is 16.5. The van der Waals surface area contributed by atoms with Crippen molar-refractivity contribution in [1.29, 1.82) is 0 Å². The van der Waals surface area contributed by atoms with Crippen LogP contribution in [0.2, 0.25) is 0 Å². The molecule has 0 spiro atoms. The van der Waals surface area contributed by atoms with Crippen LogP contribution in [-0.2, 0) is 11.2 Å². The molecule has 2 rings (SSSR count). The van der Waals surface area contributed by atoms with Crippen LogP contribution in [0.15, 0.2) is 18.2 Å². The molecule has 0 bridgehead atoms. The number of aryl methyl sites for hydroxylation is 1. The minimum Gasteiger partial charge on any atom is -0.493 e. The molecule has 1 unspecified atom stereocenters. The predicted molar refractivity (Wildman–Crippen MR) is 62.5 cm³/mol. The summed E-state index contributed by atoms with van der Waals surface area (Å²) >= 11 is 0. The summed E-state index contributed by atoms with van der Waals surface area (Å²) in [5.74, 6) is 0.992. The molecular weight excluding hydrogens is 202 g/mol. The number of nitrogens with one attached hydrogen (secondary N) is 1. The third-order valence-corrected chi connectivity index (χ3v) is 2.85. The molecule has 1 aromatic rings. The fourth-order valence-corrected chi connectivity index (χ4v) is 2.04. The van der Waals surface area contributed by atoms with Crippen molar-refractivity contribution < 1.29 is 9.53 Å². The Bertz CT molecular complexity index is 401. The molecular formula is C13H17NO2. The monoisotopic (exact) mass is 219 g/mol. The number of hydrogen-bond acceptors (Lipinski definition) is 2. The van der Waals surface area contributed by atoms with Crippen LogP contribution in [0.25, 0.3) is 0 Å². The van der Waals surface area contributed by atoms with Gasteiger partial charge in [-0.2, -0.15) is 0 Å². The van der Waals surface area contributed by atoms with Crippen molar-refractivity contribution in [3.8, 4) is 5.75 Å². The Kier molecular flexibility index (Phi) is 3.13. The highest BCUT2D eigenvalue weighted by molar-refractivity contribution is 5.73. The molecule has 0 aliphatic carbocycles. The molecule has 3 nitrogen and oxygen atoms in total. The molecule has 3 heteroatoms. The van der Waals surface area contributed by atoms with E-state index in [1.807, 2.05) is 19.1 Å². The lowest BCUT2D eigenvalue weighted by Crippen LogP contribution is -2.23. The van der Waals surface area contributed by atoms with E-state index in [0.717, 1.165) is 30.8 Å². The Morgan fingerprint density at radius 1 is 1.50 bits per heavy atom. The smallest absolute Gasteiger partial charge is 0.217 e. The Labute approximate surface area is 95.8 Å². The quantitative estimate of drug-likeness (QED) is 0.828. The van der Waals surface area contributed by atoms with Crippen LogP contribution in [0.5, 0.6) is 5.75 Å². The molecule has 16 heavy (non-hydrogen) atoms. The summed E-state index contributed by atoms with van der Waals surface area (Å²) in [5.41, 5.74) is 2.39. The van der Waals surface area contributed by atoms with Crippen molar-refractivity contribution in [2.75, 3.05) is 6.61 Å². The zero-order chi connectivity index (χ0) is 11.5. The Hall–Kier alpha value is -1.51. The predicted octanol–water partition coefficient (Wildman–Crippen LogP) is 2.21. The molecule has 86 valence electrons. The van der Waals surface area contributed by atoms with E-state index in [1.54, 1.807) is 0 Å². The summed E-state index contributed by atoms with van der Waals surface area (Å²) in [4.78, 5) is 11.0. The first kappa shape index (κ1) is 11.0. The number of ether oxygens (including phenoxy) is 1. The Balaban J connectivity index is 2.19. The maximum Gasteiger partial charge on any atom is 0.217 e. The van der Waals surface area contributed by atoms with E-state index in [-0.39, 0.29) is 11.9 Å². The number of benzene rings is 1. The second-order valence-corrected chi connectivity index (χ2v) is 4.24. The molecule has 1 aliphatic heterocycles. The van der Waals surface area contributed by atoms with Crippen molar-refractivity contribution >= 4 is 5.91 Å². The molecule has 0 radical (unpaired) electrons. The van der Waals surface area contributed by atoms with Gasteiger partial charge < -0.3 is 10.1 Å². The number of amides is 1. The zero-order valence-corrected chi connectivity index (χ0v) is 9.75. The summed E-state index contributed by atoms with van der Waals surface area (Å²) in [6, 6.07) is 6.21. The van der Waals surface area contributed by atoms with E-state index < -0.39 is 0 Å². The highest BCUT2D eigenvalue weighted by Crippen LogP contribution is 2.27. The standard InChI is InChI=1S/C13H17NO2/c1-9(14-10(2)15)11-5-6-13-12(8-11)4-3-7-16-13/h5-6,8-9H,3-4,7H2,1-2H3,(H,14,15). The third kappa shape index (κ3) is 2.35. The van der Waals surface area contributed by atoms with Gasteiger partial charge in [0.2, 0.25) is 5.91 Å². The fraction of sp³-hybridized carbons (Fsp3) is 0.462. The van der Waals surface area contributed by atoms with Crippen molar-refractivity contribution in [3.05, 3.63) is 29.3 Å². The van der Waals surface area contributed by atoms with Gasteiger partial charge in [0.05, 0.1) is 12.6 Å². The van der Waals surface area contributed by atoms with E-state index in [0.29, 0.717) is 0 Å². The highest BCUT2D eigenvalue weighted by Gasteiger charge is 2.13. The first-order chi connectivity index (χ1) is 7.66. The summed E-state index contributed by atoms with van der Waals surface area (Å²) < 4.78 is 5.55. The lowest BCUT2D eigenvalue weighted by molar-refractivity contribution is -0.119. The van der Waals surface area contributed by atoms with Crippen LogP contribution >= 0.6 is 0 Å². The third-order valence-electron chi connectivity index (χ3n) is 2.85. The molecule has 1 heterocycles. The second-order valence-electron chi connectivity index (χ2n) is 4.24. The SMILES string of the molecule is CC(=O)NC(C)c1ccc2c(c1)CCCO2. The van der Waals surface area contributed by atoms with Gasteiger partial charge in [-0.15, -0.1) is 0 Å². The summed E-state index contributed by atoms with van der Waals surface area (Å²) in [6.45, 7) is 4.35. The average molecular weight is 219 g/mol. The van der Waals surface area contributed by atoms with Crippen LogP contribution < -0.4 is 10.1 Å². The maximum atomic E-state index is 11.0. The second kappa shape index (κ2) is 4.56. The maximum absolute atomic E-state index is 11.0. The topological polar surface area (TPSA) is 38.3 Å². The molecule has 1 aromatic carbocycles. The molecule has 1 N–H and O–H groups in total. The largest absolute Gasteiger partial charge is 0.493 e. The molecule has 0 saturated carbocycles. The number of carbonyl (C=O) groups is 1. The minimum atomic E-state index is 0.00136. The van der Waals surface area contributed by atoms with E-state index >= 15 is 0 Å². The van der Waals surface area contributed by atoms with E-state index in [1.165, 1.54) is 12.5 Å². The van der Waals surface area contributed by atoms with E-state index in [9.17, 15) is 4.79 Å². The van der Waals surface area contributed by atoms with Gasteiger partial charge >= 0.3 is 0 Å². The average Bonchev–Trinajstić information content (AvgIpc) is 2.27. The van der Waals surface area contributed by atoms with Crippen LogP contribution in [0.3, 0.4) is 0 Å². The van der Waals surface area contributed by atoms with Gasteiger partial charge in [0.1, 0.15) is 5.75 Å². The van der Waals surface area contributed by atoms with Gasteiger partial charge in [-0.25, -0.2) is 0 Å². The molecule has 0 saturated heterocycles.